The summed E-state index contributed by atoms with van der Waals surface area (Å²) in [7, 11) is 0. The van der Waals surface area contributed by atoms with E-state index >= 15 is 0 Å². The molecule has 24 heavy (non-hydrogen) atoms. The first-order valence-corrected chi connectivity index (χ1v) is 9.63. The highest BCUT2D eigenvalue weighted by Crippen LogP contribution is 2.37. The fourth-order valence-electron chi connectivity index (χ4n) is 3.74. The number of thiophene rings is 1. The van der Waals surface area contributed by atoms with Crippen LogP contribution in [0.3, 0.4) is 0 Å². The third-order valence-electron chi connectivity index (χ3n) is 4.89. The molecule has 4 rings (SSSR count). The predicted molar refractivity (Wildman–Crippen MR) is 104 cm³/mol. The summed E-state index contributed by atoms with van der Waals surface area (Å²) in [4.78, 5) is 5.52. The zero-order valence-electron chi connectivity index (χ0n) is 14.2. The molecule has 1 saturated heterocycles. The van der Waals surface area contributed by atoms with Crippen LogP contribution < -0.4 is 5.32 Å². The fourth-order valence-corrected chi connectivity index (χ4v) is 4.78. The number of hydrogen-bond donors (Lipinski definition) is 1. The van der Waals surface area contributed by atoms with Crippen molar-refractivity contribution in [3.8, 4) is 0 Å². The first kappa shape index (κ1) is 15.8. The molecule has 0 spiro atoms. The van der Waals surface area contributed by atoms with Crippen molar-refractivity contribution in [2.24, 2.45) is 0 Å². The quantitative estimate of drug-likeness (QED) is 0.752. The Balaban J connectivity index is 1.84. The van der Waals surface area contributed by atoms with E-state index in [-0.39, 0.29) is 0 Å². The minimum atomic E-state index is 0.356. The summed E-state index contributed by atoms with van der Waals surface area (Å²) in [6.45, 7) is 6.66. The maximum absolute atomic E-state index is 3.54. The topological polar surface area (TPSA) is 15.3 Å². The molecule has 2 nitrogen and oxygen atoms in total. The Morgan fingerprint density at radius 3 is 2.71 bits per heavy atom. The number of aryl methyl sites for hydroxylation is 1. The van der Waals surface area contributed by atoms with Gasteiger partial charge in [-0.25, -0.2) is 0 Å². The van der Waals surface area contributed by atoms with E-state index in [1.165, 1.54) is 32.5 Å². The van der Waals surface area contributed by atoms with Crippen LogP contribution in [-0.4, -0.2) is 31.1 Å². The number of benzene rings is 2. The van der Waals surface area contributed by atoms with E-state index in [1.807, 2.05) is 11.3 Å². The minimum Gasteiger partial charge on any atom is -0.315 e. The van der Waals surface area contributed by atoms with Gasteiger partial charge >= 0.3 is 0 Å². The van der Waals surface area contributed by atoms with E-state index < -0.39 is 0 Å². The van der Waals surface area contributed by atoms with Gasteiger partial charge in [-0.05, 0) is 48.4 Å². The van der Waals surface area contributed by atoms with Crippen molar-refractivity contribution in [1.82, 2.24) is 10.2 Å². The molecule has 0 radical (unpaired) electrons. The van der Waals surface area contributed by atoms with E-state index in [0.717, 1.165) is 26.2 Å². The van der Waals surface area contributed by atoms with Gasteiger partial charge in [0.1, 0.15) is 0 Å². The smallest absolute Gasteiger partial charge is 0.0702 e. The molecule has 1 aliphatic rings. The van der Waals surface area contributed by atoms with Gasteiger partial charge in [-0.15, -0.1) is 11.3 Å². The number of nitrogens with one attached hydrogen (secondary N) is 1. The van der Waals surface area contributed by atoms with Gasteiger partial charge in [-0.1, -0.05) is 42.5 Å². The second-order valence-electron chi connectivity index (χ2n) is 6.56. The first-order chi connectivity index (χ1) is 11.8. The highest BCUT2D eigenvalue weighted by Gasteiger charge is 2.25. The van der Waals surface area contributed by atoms with E-state index in [4.69, 9.17) is 0 Å². The summed E-state index contributed by atoms with van der Waals surface area (Å²) in [5, 5.41) is 6.26. The molecular weight excluding hydrogens is 312 g/mol. The second kappa shape index (κ2) is 7.06. The maximum atomic E-state index is 3.54. The number of hydrogen-bond acceptors (Lipinski definition) is 3. The Kier molecular flexibility index (Phi) is 4.65. The van der Waals surface area contributed by atoms with Gasteiger partial charge in [-0.2, -0.15) is 0 Å². The monoisotopic (exact) mass is 336 g/mol. The molecule has 2 aromatic carbocycles. The number of rotatable bonds is 3. The molecule has 1 aromatic heterocycles. The number of nitrogens with zero attached hydrogens (tertiary/aromatic N) is 1. The normalized spacial score (nSPS) is 17.7. The summed E-state index contributed by atoms with van der Waals surface area (Å²) in [5.41, 5.74) is 1.44. The lowest BCUT2D eigenvalue weighted by Gasteiger charge is -2.31. The lowest BCUT2D eigenvalue weighted by molar-refractivity contribution is 0.245. The van der Waals surface area contributed by atoms with E-state index in [0.29, 0.717) is 6.04 Å². The molecule has 1 N–H and O–H groups in total. The third kappa shape index (κ3) is 3.12. The maximum Gasteiger partial charge on any atom is 0.0702 e. The predicted octanol–water partition coefficient (Wildman–Crippen LogP) is 4.59. The van der Waals surface area contributed by atoms with Gasteiger partial charge in [-0.3, -0.25) is 4.90 Å². The van der Waals surface area contributed by atoms with Crippen molar-refractivity contribution < 1.29 is 0 Å². The van der Waals surface area contributed by atoms with Crippen LogP contribution in [0.25, 0.3) is 10.8 Å². The average molecular weight is 337 g/mol. The minimum absolute atomic E-state index is 0.356. The van der Waals surface area contributed by atoms with Crippen molar-refractivity contribution in [1.29, 1.82) is 0 Å². The van der Waals surface area contributed by atoms with Gasteiger partial charge < -0.3 is 5.32 Å². The van der Waals surface area contributed by atoms with Crippen molar-refractivity contribution in [2.45, 2.75) is 19.4 Å². The Morgan fingerprint density at radius 1 is 0.958 bits per heavy atom. The van der Waals surface area contributed by atoms with Crippen molar-refractivity contribution in [3.05, 3.63) is 69.9 Å². The van der Waals surface area contributed by atoms with Gasteiger partial charge in [0.2, 0.25) is 0 Å². The highest BCUT2D eigenvalue weighted by molar-refractivity contribution is 7.12. The largest absolute Gasteiger partial charge is 0.315 e. The van der Waals surface area contributed by atoms with Crippen LogP contribution in [0.4, 0.5) is 0 Å². The third-order valence-corrected chi connectivity index (χ3v) is 5.94. The summed E-state index contributed by atoms with van der Waals surface area (Å²) in [6.07, 6.45) is 1.21. The van der Waals surface area contributed by atoms with Crippen LogP contribution in [-0.2, 0) is 0 Å². The summed E-state index contributed by atoms with van der Waals surface area (Å²) in [5.74, 6) is 0. The first-order valence-electron chi connectivity index (χ1n) is 8.82. The van der Waals surface area contributed by atoms with Crippen LogP contribution in [0, 0.1) is 6.92 Å². The molecule has 1 fully saturated rings. The van der Waals surface area contributed by atoms with E-state index in [2.05, 4.69) is 71.7 Å². The molecule has 3 heteroatoms. The van der Waals surface area contributed by atoms with Crippen LogP contribution in [0.1, 0.15) is 27.8 Å². The fraction of sp³-hybridized carbons (Fsp3) is 0.333. The van der Waals surface area contributed by atoms with Crippen molar-refractivity contribution in [2.75, 3.05) is 26.2 Å². The average Bonchev–Trinajstić information content (AvgIpc) is 2.86. The van der Waals surface area contributed by atoms with Crippen LogP contribution in [0.2, 0.25) is 0 Å². The van der Waals surface area contributed by atoms with Gasteiger partial charge in [0.05, 0.1) is 6.04 Å². The molecule has 0 aliphatic carbocycles. The van der Waals surface area contributed by atoms with E-state index in [9.17, 15) is 0 Å². The lowest BCUT2D eigenvalue weighted by atomic mass is 9.96. The zero-order valence-corrected chi connectivity index (χ0v) is 15.0. The molecule has 3 aromatic rings. The Labute approximate surface area is 148 Å². The van der Waals surface area contributed by atoms with Crippen LogP contribution in [0.15, 0.2) is 54.6 Å². The molecule has 0 bridgehead atoms. The summed E-state index contributed by atoms with van der Waals surface area (Å²) in [6, 6.07) is 20.5. The highest BCUT2D eigenvalue weighted by atomic mass is 32.1. The van der Waals surface area contributed by atoms with Crippen LogP contribution >= 0.6 is 11.3 Å². The molecule has 124 valence electrons. The SMILES string of the molecule is Cc1ccc(C(c2cccc3ccccc23)N2CCCNCC2)s1. The number of fused-ring (bicyclic) bond motifs is 1. The molecule has 1 aliphatic heterocycles. The van der Waals surface area contributed by atoms with Crippen molar-refractivity contribution in [3.63, 3.8) is 0 Å². The second-order valence-corrected chi connectivity index (χ2v) is 7.88. The summed E-state index contributed by atoms with van der Waals surface area (Å²) < 4.78 is 0. The molecule has 1 unspecified atom stereocenters. The zero-order chi connectivity index (χ0) is 16.4. The standard InChI is InChI=1S/C21H24N2S/c1-16-10-11-20(24-16)21(23-14-5-12-22-13-15-23)19-9-4-7-17-6-2-3-8-18(17)19/h2-4,6-11,21-22H,5,12-15H2,1H3. The van der Waals surface area contributed by atoms with Crippen molar-refractivity contribution >= 4 is 22.1 Å². The van der Waals surface area contributed by atoms with Crippen LogP contribution in [0.5, 0.6) is 0 Å². The van der Waals surface area contributed by atoms with Gasteiger partial charge in [0.25, 0.3) is 0 Å². The Morgan fingerprint density at radius 2 is 1.83 bits per heavy atom. The molecule has 2 heterocycles. The Hall–Kier alpha value is -1.68. The lowest BCUT2D eigenvalue weighted by Crippen LogP contribution is -2.32. The molecular formula is C21H24N2S. The van der Waals surface area contributed by atoms with E-state index in [1.54, 1.807) is 0 Å². The van der Waals surface area contributed by atoms with Gasteiger partial charge in [0.15, 0.2) is 0 Å². The Bertz CT molecular complexity index is 810. The summed E-state index contributed by atoms with van der Waals surface area (Å²) >= 11 is 1.94. The van der Waals surface area contributed by atoms with Gasteiger partial charge in [0, 0.05) is 29.4 Å². The molecule has 0 saturated carbocycles. The molecule has 1 atom stereocenters. The molecule has 0 amide bonds.